The van der Waals surface area contributed by atoms with Crippen LogP contribution < -0.4 is 5.32 Å². The summed E-state index contributed by atoms with van der Waals surface area (Å²) in [5.41, 5.74) is 5.70. The van der Waals surface area contributed by atoms with Crippen molar-refractivity contribution in [1.82, 2.24) is 9.80 Å². The van der Waals surface area contributed by atoms with Gasteiger partial charge in [0.05, 0.1) is 18.8 Å². The minimum absolute atomic E-state index is 0.229. The highest BCUT2D eigenvalue weighted by Crippen LogP contribution is 2.31. The van der Waals surface area contributed by atoms with Gasteiger partial charge in [-0.15, -0.1) is 0 Å². The molecule has 1 fully saturated rings. The smallest absolute Gasteiger partial charge is 0.278 e. The molecule has 0 radical (unpaired) electrons. The Labute approximate surface area is 189 Å². The van der Waals surface area contributed by atoms with Crippen molar-refractivity contribution in [2.45, 2.75) is 27.2 Å². The highest BCUT2D eigenvalue weighted by molar-refractivity contribution is 6.36. The van der Waals surface area contributed by atoms with Gasteiger partial charge >= 0.3 is 0 Å². The number of hydrogen-bond acceptors (Lipinski definition) is 5. The number of ether oxygens (including phenoxy) is 1. The lowest BCUT2D eigenvalue weighted by Crippen LogP contribution is -2.39. The normalized spacial score (nSPS) is 17.4. The Morgan fingerprint density at radius 2 is 1.56 bits per heavy atom. The third-order valence-corrected chi connectivity index (χ3v) is 6.11. The summed E-state index contributed by atoms with van der Waals surface area (Å²) in [5.74, 6) is -0.486. The summed E-state index contributed by atoms with van der Waals surface area (Å²) in [7, 11) is 0. The van der Waals surface area contributed by atoms with Crippen LogP contribution in [-0.2, 0) is 14.3 Å². The van der Waals surface area contributed by atoms with Crippen LogP contribution in [0.4, 0.5) is 5.69 Å². The van der Waals surface area contributed by atoms with Crippen molar-refractivity contribution >= 4 is 23.1 Å². The SMILES string of the molecule is Cc1ccc(C2=C(Nc3ccc(C)cc3C)C(=O)N(CCCN3CCOCC3)C2=O)cc1. The molecule has 2 amide bonds. The van der Waals surface area contributed by atoms with Crippen LogP contribution in [0.2, 0.25) is 0 Å². The Kier molecular flexibility index (Phi) is 6.72. The van der Waals surface area contributed by atoms with Gasteiger partial charge in [0.1, 0.15) is 5.70 Å². The number of carbonyl (C=O) groups excluding carboxylic acids is 2. The van der Waals surface area contributed by atoms with Crippen LogP contribution in [0, 0.1) is 20.8 Å². The molecule has 0 atom stereocenters. The zero-order chi connectivity index (χ0) is 22.7. The van der Waals surface area contributed by atoms with E-state index in [0.29, 0.717) is 17.8 Å². The summed E-state index contributed by atoms with van der Waals surface area (Å²) in [4.78, 5) is 30.5. The topological polar surface area (TPSA) is 61.9 Å². The molecule has 1 saturated heterocycles. The molecule has 2 aromatic carbocycles. The Bertz CT molecular complexity index is 1040. The first kappa shape index (κ1) is 22.2. The minimum atomic E-state index is -0.257. The van der Waals surface area contributed by atoms with E-state index in [2.05, 4.69) is 16.3 Å². The minimum Gasteiger partial charge on any atom is -0.379 e. The van der Waals surface area contributed by atoms with Crippen molar-refractivity contribution in [3.63, 3.8) is 0 Å². The van der Waals surface area contributed by atoms with Crippen LogP contribution in [0.1, 0.15) is 28.7 Å². The molecule has 0 aliphatic carbocycles. The number of amides is 2. The standard InChI is InChI=1S/C26H31N3O3/c1-18-5-8-21(9-6-18)23-24(27-22-10-7-19(2)17-20(22)3)26(31)29(25(23)30)12-4-11-28-13-15-32-16-14-28/h5-10,17,27H,4,11-16H2,1-3H3. The van der Waals surface area contributed by atoms with E-state index in [0.717, 1.165) is 67.2 Å². The van der Waals surface area contributed by atoms with E-state index in [1.54, 1.807) is 0 Å². The molecule has 0 aromatic heterocycles. The molecule has 6 heteroatoms. The Hall–Kier alpha value is -2.96. The molecule has 0 unspecified atom stereocenters. The Morgan fingerprint density at radius 1 is 0.875 bits per heavy atom. The van der Waals surface area contributed by atoms with Gasteiger partial charge in [0.25, 0.3) is 11.8 Å². The fraction of sp³-hybridized carbons (Fsp3) is 0.385. The lowest BCUT2D eigenvalue weighted by Gasteiger charge is -2.27. The average Bonchev–Trinajstić information content (AvgIpc) is 3.01. The van der Waals surface area contributed by atoms with Crippen LogP contribution in [0.3, 0.4) is 0 Å². The van der Waals surface area contributed by atoms with E-state index in [9.17, 15) is 9.59 Å². The summed E-state index contributed by atoms with van der Waals surface area (Å²) in [5, 5.41) is 3.29. The number of rotatable bonds is 7. The first-order valence-corrected chi connectivity index (χ1v) is 11.3. The number of carbonyl (C=O) groups is 2. The number of aryl methyl sites for hydroxylation is 3. The maximum absolute atomic E-state index is 13.4. The summed E-state index contributed by atoms with van der Waals surface area (Å²) in [6.45, 7) is 10.6. The van der Waals surface area contributed by atoms with Crippen LogP contribution >= 0.6 is 0 Å². The average molecular weight is 434 g/mol. The highest BCUT2D eigenvalue weighted by atomic mass is 16.5. The van der Waals surface area contributed by atoms with Gasteiger partial charge in [0.2, 0.25) is 0 Å². The van der Waals surface area contributed by atoms with E-state index in [1.807, 2.05) is 57.2 Å². The number of anilines is 1. The molecule has 0 saturated carbocycles. The van der Waals surface area contributed by atoms with Crippen molar-refractivity contribution in [3.8, 4) is 0 Å². The molecule has 2 aromatic rings. The molecular formula is C26H31N3O3. The second-order valence-corrected chi connectivity index (χ2v) is 8.63. The second kappa shape index (κ2) is 9.67. The van der Waals surface area contributed by atoms with Crippen molar-refractivity contribution in [3.05, 3.63) is 70.4 Å². The second-order valence-electron chi connectivity index (χ2n) is 8.63. The Morgan fingerprint density at radius 3 is 2.25 bits per heavy atom. The van der Waals surface area contributed by atoms with Crippen molar-refractivity contribution in [1.29, 1.82) is 0 Å². The molecule has 1 N–H and O–H groups in total. The molecule has 2 aliphatic heterocycles. The van der Waals surface area contributed by atoms with Crippen molar-refractivity contribution < 1.29 is 14.3 Å². The van der Waals surface area contributed by atoms with Gasteiger partial charge in [-0.3, -0.25) is 19.4 Å². The van der Waals surface area contributed by atoms with Crippen LogP contribution in [-0.4, -0.2) is 61.0 Å². The van der Waals surface area contributed by atoms with Crippen LogP contribution in [0.5, 0.6) is 0 Å². The lowest BCUT2D eigenvalue weighted by molar-refractivity contribution is -0.136. The number of nitrogens with zero attached hydrogens (tertiary/aromatic N) is 2. The van der Waals surface area contributed by atoms with E-state index in [4.69, 9.17) is 4.74 Å². The monoisotopic (exact) mass is 433 g/mol. The zero-order valence-corrected chi connectivity index (χ0v) is 19.1. The third kappa shape index (κ3) is 4.76. The molecule has 2 aliphatic rings. The predicted molar refractivity (Wildman–Crippen MR) is 126 cm³/mol. The number of nitrogens with one attached hydrogen (secondary N) is 1. The maximum atomic E-state index is 13.4. The molecule has 32 heavy (non-hydrogen) atoms. The number of morpholine rings is 1. The van der Waals surface area contributed by atoms with E-state index in [-0.39, 0.29) is 11.8 Å². The quantitative estimate of drug-likeness (QED) is 0.677. The molecule has 4 rings (SSSR count). The van der Waals surface area contributed by atoms with Crippen LogP contribution in [0.25, 0.3) is 5.57 Å². The molecule has 168 valence electrons. The predicted octanol–water partition coefficient (Wildman–Crippen LogP) is 3.53. The van der Waals surface area contributed by atoms with E-state index >= 15 is 0 Å². The first-order chi connectivity index (χ1) is 15.4. The number of hydrogen-bond donors (Lipinski definition) is 1. The van der Waals surface area contributed by atoms with Gasteiger partial charge < -0.3 is 10.1 Å². The number of imide groups is 1. The lowest BCUT2D eigenvalue weighted by atomic mass is 10.0. The first-order valence-electron chi connectivity index (χ1n) is 11.3. The van der Waals surface area contributed by atoms with Gasteiger partial charge in [0, 0.05) is 31.9 Å². The third-order valence-electron chi connectivity index (χ3n) is 6.11. The summed E-state index contributed by atoms with van der Waals surface area (Å²) < 4.78 is 5.40. The van der Waals surface area contributed by atoms with Gasteiger partial charge in [0.15, 0.2) is 0 Å². The zero-order valence-electron chi connectivity index (χ0n) is 19.1. The summed E-state index contributed by atoms with van der Waals surface area (Å²) >= 11 is 0. The summed E-state index contributed by atoms with van der Waals surface area (Å²) in [6.07, 6.45) is 0.746. The van der Waals surface area contributed by atoms with E-state index < -0.39 is 0 Å². The van der Waals surface area contributed by atoms with Crippen molar-refractivity contribution in [2.24, 2.45) is 0 Å². The Balaban J connectivity index is 1.58. The maximum Gasteiger partial charge on any atom is 0.278 e. The van der Waals surface area contributed by atoms with Gasteiger partial charge in [-0.05, 0) is 44.4 Å². The van der Waals surface area contributed by atoms with Crippen LogP contribution in [0.15, 0.2) is 48.2 Å². The fourth-order valence-corrected chi connectivity index (χ4v) is 4.25. The molecular weight excluding hydrogens is 402 g/mol. The molecule has 2 heterocycles. The fourth-order valence-electron chi connectivity index (χ4n) is 4.25. The highest BCUT2D eigenvalue weighted by Gasteiger charge is 2.39. The number of benzene rings is 2. The molecule has 0 bridgehead atoms. The van der Waals surface area contributed by atoms with Gasteiger partial charge in [-0.1, -0.05) is 47.5 Å². The van der Waals surface area contributed by atoms with Gasteiger partial charge in [-0.2, -0.15) is 0 Å². The van der Waals surface area contributed by atoms with Gasteiger partial charge in [-0.25, -0.2) is 0 Å². The summed E-state index contributed by atoms with van der Waals surface area (Å²) in [6, 6.07) is 13.8. The van der Waals surface area contributed by atoms with Crippen molar-refractivity contribution in [2.75, 3.05) is 44.7 Å². The van der Waals surface area contributed by atoms with E-state index in [1.165, 1.54) is 4.90 Å². The molecule has 6 nitrogen and oxygen atoms in total. The largest absolute Gasteiger partial charge is 0.379 e. The molecule has 0 spiro atoms.